The van der Waals surface area contributed by atoms with E-state index in [1.807, 2.05) is 31.2 Å². The van der Waals surface area contributed by atoms with Gasteiger partial charge in [-0.15, -0.1) is 0 Å². The van der Waals surface area contributed by atoms with Crippen LogP contribution in [-0.2, 0) is 16.8 Å². The highest BCUT2D eigenvalue weighted by molar-refractivity contribution is 7.79. The van der Waals surface area contributed by atoms with Gasteiger partial charge in [0.25, 0.3) is 0 Å². The summed E-state index contributed by atoms with van der Waals surface area (Å²) in [6.07, 6.45) is 0.914. The minimum atomic E-state index is -4.67. The summed E-state index contributed by atoms with van der Waals surface area (Å²) in [6.45, 7) is 1.99. The van der Waals surface area contributed by atoms with Gasteiger partial charge in [-0.05, 0) is 31.0 Å². The molecule has 0 bridgehead atoms. The molecular weight excluding hydrogens is 254 g/mol. The normalized spacial score (nSPS) is 12.6. The third kappa shape index (κ3) is 11.4. The fourth-order valence-corrected chi connectivity index (χ4v) is 1.12. The second-order valence-electron chi connectivity index (χ2n) is 3.26. The molecule has 7 heteroatoms. The van der Waals surface area contributed by atoms with Crippen LogP contribution in [0.15, 0.2) is 24.3 Å². The number of benzene rings is 1. The zero-order valence-electron chi connectivity index (χ0n) is 8.67. The third-order valence-corrected chi connectivity index (χ3v) is 1.72. The molecule has 0 fully saturated rings. The van der Waals surface area contributed by atoms with Gasteiger partial charge in [-0.25, -0.2) is 0 Å². The van der Waals surface area contributed by atoms with Crippen molar-refractivity contribution in [2.75, 3.05) is 0 Å². The first-order valence-corrected chi connectivity index (χ1v) is 6.16. The van der Waals surface area contributed by atoms with Gasteiger partial charge >= 0.3 is 10.4 Å². The summed E-state index contributed by atoms with van der Waals surface area (Å²) >= 11 is 5.72. The number of hydrogen-bond donors (Lipinski definition) is 3. The Labute approximate surface area is 99.8 Å². The van der Waals surface area contributed by atoms with E-state index >= 15 is 0 Å². The average Bonchev–Trinajstić information content (AvgIpc) is 2.05. The predicted molar refractivity (Wildman–Crippen MR) is 63.0 cm³/mol. The number of hydrogen-bond acceptors (Lipinski definition) is 3. The van der Waals surface area contributed by atoms with Crippen LogP contribution in [0.3, 0.4) is 0 Å². The first kappa shape index (κ1) is 15.3. The molecule has 0 heterocycles. The van der Waals surface area contributed by atoms with Crippen LogP contribution in [0, 0.1) is 0 Å². The Morgan fingerprint density at radius 1 is 1.31 bits per heavy atom. The maximum Gasteiger partial charge on any atom is 0.394 e. The molecule has 0 aliphatic heterocycles. The van der Waals surface area contributed by atoms with Crippen molar-refractivity contribution in [1.82, 2.24) is 0 Å². The lowest BCUT2D eigenvalue weighted by atomic mass is 10.1. The molecule has 4 N–H and O–H groups in total. The van der Waals surface area contributed by atoms with E-state index in [1.54, 1.807) is 0 Å². The van der Waals surface area contributed by atoms with Gasteiger partial charge < -0.3 is 5.73 Å². The Morgan fingerprint density at radius 3 is 2.00 bits per heavy atom. The summed E-state index contributed by atoms with van der Waals surface area (Å²) in [5.41, 5.74) is 6.87. The van der Waals surface area contributed by atoms with Gasteiger partial charge in [0.05, 0.1) is 0 Å². The Hall–Kier alpha value is -0.660. The van der Waals surface area contributed by atoms with Crippen molar-refractivity contribution in [3.05, 3.63) is 34.9 Å². The molecule has 0 saturated carbocycles. The van der Waals surface area contributed by atoms with Crippen molar-refractivity contribution in [3.8, 4) is 0 Å². The van der Waals surface area contributed by atoms with Crippen LogP contribution in [0.25, 0.3) is 0 Å². The van der Waals surface area contributed by atoms with Crippen LogP contribution >= 0.6 is 11.6 Å². The van der Waals surface area contributed by atoms with E-state index < -0.39 is 10.4 Å². The molecule has 5 nitrogen and oxygen atoms in total. The Morgan fingerprint density at radius 2 is 1.69 bits per heavy atom. The Kier molecular flexibility index (Phi) is 6.54. The smallest absolute Gasteiger partial charge is 0.328 e. The highest BCUT2D eigenvalue weighted by Gasteiger charge is 1.96. The summed E-state index contributed by atoms with van der Waals surface area (Å²) in [7, 11) is -4.67. The molecular formula is C9H14ClNO4S. The Balaban J connectivity index is 0.000000385. The topological polar surface area (TPSA) is 101 Å². The van der Waals surface area contributed by atoms with Crippen molar-refractivity contribution in [2.24, 2.45) is 5.73 Å². The zero-order chi connectivity index (χ0) is 12.8. The molecule has 16 heavy (non-hydrogen) atoms. The van der Waals surface area contributed by atoms with Crippen LogP contribution in [0.4, 0.5) is 0 Å². The zero-order valence-corrected chi connectivity index (χ0v) is 10.2. The first-order valence-electron chi connectivity index (χ1n) is 4.38. The first-order chi connectivity index (χ1) is 7.18. The van der Waals surface area contributed by atoms with Crippen molar-refractivity contribution in [2.45, 2.75) is 19.4 Å². The van der Waals surface area contributed by atoms with Crippen LogP contribution in [-0.4, -0.2) is 23.6 Å². The molecule has 0 spiro atoms. The lowest BCUT2D eigenvalue weighted by Crippen LogP contribution is -2.17. The third-order valence-electron chi connectivity index (χ3n) is 1.47. The maximum absolute atomic E-state index is 8.74. The molecule has 0 amide bonds. The van der Waals surface area contributed by atoms with Crippen molar-refractivity contribution in [3.63, 3.8) is 0 Å². The van der Waals surface area contributed by atoms with Crippen LogP contribution in [0.2, 0.25) is 5.02 Å². The quantitative estimate of drug-likeness (QED) is 0.706. The number of rotatable bonds is 2. The van der Waals surface area contributed by atoms with Crippen molar-refractivity contribution < 1.29 is 17.5 Å². The minimum absolute atomic E-state index is 0.219. The fourth-order valence-electron chi connectivity index (χ4n) is 0.992. The van der Waals surface area contributed by atoms with Gasteiger partial charge in [0.15, 0.2) is 0 Å². The molecule has 1 atom stereocenters. The van der Waals surface area contributed by atoms with E-state index in [-0.39, 0.29) is 6.04 Å². The van der Waals surface area contributed by atoms with Crippen molar-refractivity contribution >= 4 is 22.0 Å². The summed E-state index contributed by atoms with van der Waals surface area (Å²) in [5.74, 6) is 0. The van der Waals surface area contributed by atoms with E-state index in [2.05, 4.69) is 0 Å². The van der Waals surface area contributed by atoms with E-state index in [0.717, 1.165) is 11.4 Å². The number of halogens is 1. The molecule has 0 aliphatic carbocycles. The lowest BCUT2D eigenvalue weighted by Gasteiger charge is -2.03. The number of nitrogens with two attached hydrogens (primary N) is 1. The van der Waals surface area contributed by atoms with Crippen LogP contribution in [0.5, 0.6) is 0 Å². The second-order valence-corrected chi connectivity index (χ2v) is 4.59. The SMILES string of the molecule is CC(N)Cc1ccc(Cl)cc1.O=S(=O)(O)O. The fraction of sp³-hybridized carbons (Fsp3) is 0.333. The average molecular weight is 268 g/mol. The molecule has 0 radical (unpaired) electrons. The molecule has 1 rings (SSSR count). The standard InChI is InChI=1S/C9H12ClN.H2O4S/c1-7(11)6-8-2-4-9(10)5-3-8;1-5(2,3)4/h2-5,7H,6,11H2,1H3;(H2,1,2,3,4). The monoisotopic (exact) mass is 267 g/mol. The van der Waals surface area contributed by atoms with E-state index in [4.69, 9.17) is 34.9 Å². The maximum atomic E-state index is 8.74. The van der Waals surface area contributed by atoms with Gasteiger partial charge in [0, 0.05) is 11.1 Å². The molecule has 1 unspecified atom stereocenters. The van der Waals surface area contributed by atoms with Gasteiger partial charge in [-0.3, -0.25) is 9.11 Å². The molecule has 0 aliphatic rings. The molecule has 0 aromatic heterocycles. The summed E-state index contributed by atoms with van der Waals surface area (Å²) < 4.78 is 31.6. The van der Waals surface area contributed by atoms with E-state index in [0.29, 0.717) is 0 Å². The summed E-state index contributed by atoms with van der Waals surface area (Å²) in [4.78, 5) is 0. The largest absolute Gasteiger partial charge is 0.394 e. The molecule has 92 valence electrons. The molecule has 1 aromatic rings. The van der Waals surface area contributed by atoms with E-state index in [1.165, 1.54) is 5.56 Å². The highest BCUT2D eigenvalue weighted by atomic mass is 35.5. The lowest BCUT2D eigenvalue weighted by molar-refractivity contribution is 0.381. The summed E-state index contributed by atoms with van der Waals surface area (Å²) in [6, 6.07) is 8.01. The molecule has 0 saturated heterocycles. The van der Waals surface area contributed by atoms with Crippen molar-refractivity contribution in [1.29, 1.82) is 0 Å². The molecule has 1 aromatic carbocycles. The summed E-state index contributed by atoms with van der Waals surface area (Å²) in [5, 5.41) is 0.776. The predicted octanol–water partition coefficient (Wildman–Crippen LogP) is 1.58. The Bertz CT molecular complexity index is 394. The van der Waals surface area contributed by atoms with E-state index in [9.17, 15) is 0 Å². The second kappa shape index (κ2) is 6.82. The van der Waals surface area contributed by atoms with Crippen LogP contribution < -0.4 is 5.73 Å². The van der Waals surface area contributed by atoms with Gasteiger partial charge in [-0.1, -0.05) is 23.7 Å². The van der Waals surface area contributed by atoms with Gasteiger partial charge in [0.1, 0.15) is 0 Å². The van der Waals surface area contributed by atoms with Gasteiger partial charge in [0.2, 0.25) is 0 Å². The van der Waals surface area contributed by atoms with Crippen LogP contribution in [0.1, 0.15) is 12.5 Å². The minimum Gasteiger partial charge on any atom is -0.328 e. The van der Waals surface area contributed by atoms with Gasteiger partial charge in [-0.2, -0.15) is 8.42 Å². The highest BCUT2D eigenvalue weighted by Crippen LogP contribution is 2.10.